The Labute approximate surface area is 77.3 Å². The van der Waals surface area contributed by atoms with Crippen LogP contribution in [0, 0.1) is 5.92 Å². The highest BCUT2D eigenvalue weighted by Gasteiger charge is 2.38. The minimum absolute atomic E-state index is 0.320. The molecule has 1 aliphatic heterocycles. The van der Waals surface area contributed by atoms with E-state index in [2.05, 4.69) is 10.2 Å². The van der Waals surface area contributed by atoms with E-state index in [-0.39, 0.29) is 5.92 Å². The summed E-state index contributed by atoms with van der Waals surface area (Å²) in [6, 6.07) is 0.445. The highest BCUT2D eigenvalue weighted by atomic mass is 19.3. The van der Waals surface area contributed by atoms with Gasteiger partial charge in [-0.1, -0.05) is 0 Å². The fourth-order valence-corrected chi connectivity index (χ4v) is 2.18. The van der Waals surface area contributed by atoms with Crippen LogP contribution in [0.5, 0.6) is 0 Å². The molecule has 4 heteroatoms. The van der Waals surface area contributed by atoms with Gasteiger partial charge >= 0.3 is 0 Å². The van der Waals surface area contributed by atoms with E-state index in [1.165, 1.54) is 0 Å². The Morgan fingerprint density at radius 3 is 2.31 bits per heavy atom. The summed E-state index contributed by atoms with van der Waals surface area (Å²) in [7, 11) is 0. The average molecular weight is 190 g/mol. The van der Waals surface area contributed by atoms with Crippen LogP contribution in [0.2, 0.25) is 0 Å². The first-order valence-electron chi connectivity index (χ1n) is 5.00. The maximum atomic E-state index is 12.2. The summed E-state index contributed by atoms with van der Waals surface area (Å²) >= 11 is 0. The van der Waals surface area contributed by atoms with Crippen molar-refractivity contribution in [3.63, 3.8) is 0 Å². The van der Waals surface area contributed by atoms with Crippen LogP contribution < -0.4 is 5.32 Å². The van der Waals surface area contributed by atoms with E-state index in [1.54, 1.807) is 0 Å². The molecule has 1 saturated heterocycles. The summed E-state index contributed by atoms with van der Waals surface area (Å²) in [5.74, 6) is -0.320. The number of hydrogen-bond donors (Lipinski definition) is 1. The number of nitrogens with zero attached hydrogens (tertiary/aromatic N) is 1. The third-order valence-corrected chi connectivity index (χ3v) is 3.17. The zero-order valence-corrected chi connectivity index (χ0v) is 7.68. The first kappa shape index (κ1) is 9.34. The molecule has 0 aromatic heterocycles. The lowest BCUT2D eigenvalue weighted by Gasteiger charge is -2.44. The number of alkyl halides is 2. The molecule has 2 nitrogen and oxygen atoms in total. The predicted molar refractivity (Wildman–Crippen MR) is 47.0 cm³/mol. The van der Waals surface area contributed by atoms with Crippen LogP contribution in [0.4, 0.5) is 8.78 Å². The first-order valence-corrected chi connectivity index (χ1v) is 5.00. The standard InChI is InChI=1S/C9H16F2N2/c10-9(11)7-5-8(6-7)13-3-1-12-2-4-13/h7-9,12H,1-6H2. The van der Waals surface area contributed by atoms with Crippen LogP contribution in [-0.2, 0) is 0 Å². The SMILES string of the molecule is FC(F)C1CC(N2CCNCC2)C1. The van der Waals surface area contributed by atoms with E-state index in [9.17, 15) is 8.78 Å². The lowest BCUT2D eigenvalue weighted by Crippen LogP contribution is -2.53. The van der Waals surface area contributed by atoms with Crippen molar-refractivity contribution in [3.8, 4) is 0 Å². The number of halogens is 2. The molecule has 2 fully saturated rings. The molecule has 2 aliphatic rings. The van der Waals surface area contributed by atoms with Gasteiger partial charge in [-0.15, -0.1) is 0 Å². The molecule has 1 aliphatic carbocycles. The Hall–Kier alpha value is -0.220. The Morgan fingerprint density at radius 2 is 1.77 bits per heavy atom. The van der Waals surface area contributed by atoms with Crippen LogP contribution in [0.15, 0.2) is 0 Å². The average Bonchev–Trinajstić information content (AvgIpc) is 2.02. The Bertz CT molecular complexity index is 163. The van der Waals surface area contributed by atoms with Crippen molar-refractivity contribution in [2.75, 3.05) is 26.2 Å². The Balaban J connectivity index is 1.72. The van der Waals surface area contributed by atoms with Crippen LogP contribution in [0.3, 0.4) is 0 Å². The van der Waals surface area contributed by atoms with E-state index >= 15 is 0 Å². The lowest BCUT2D eigenvalue weighted by atomic mass is 9.79. The molecule has 0 aromatic rings. The highest BCUT2D eigenvalue weighted by molar-refractivity contribution is 4.89. The van der Waals surface area contributed by atoms with Gasteiger partial charge in [0.2, 0.25) is 6.43 Å². The summed E-state index contributed by atoms with van der Waals surface area (Å²) in [4.78, 5) is 2.34. The second kappa shape index (κ2) is 3.88. The van der Waals surface area contributed by atoms with Gasteiger partial charge in [-0.25, -0.2) is 8.78 Å². The maximum absolute atomic E-state index is 12.2. The topological polar surface area (TPSA) is 15.3 Å². The van der Waals surface area contributed by atoms with Crippen LogP contribution in [0.25, 0.3) is 0 Å². The minimum atomic E-state index is -2.10. The molecule has 76 valence electrons. The normalized spacial score (nSPS) is 36.2. The van der Waals surface area contributed by atoms with Crippen molar-refractivity contribution in [2.24, 2.45) is 5.92 Å². The maximum Gasteiger partial charge on any atom is 0.241 e. The lowest BCUT2D eigenvalue weighted by molar-refractivity contribution is -0.0254. The summed E-state index contributed by atoms with van der Waals surface area (Å²) in [5.41, 5.74) is 0. The van der Waals surface area contributed by atoms with Crippen LogP contribution >= 0.6 is 0 Å². The van der Waals surface area contributed by atoms with Crippen LogP contribution in [0.1, 0.15) is 12.8 Å². The first-order chi connectivity index (χ1) is 6.27. The van der Waals surface area contributed by atoms with Gasteiger partial charge in [0.05, 0.1) is 0 Å². The minimum Gasteiger partial charge on any atom is -0.314 e. The Morgan fingerprint density at radius 1 is 1.15 bits per heavy atom. The summed E-state index contributed by atoms with van der Waals surface area (Å²) in [6.45, 7) is 4.08. The van der Waals surface area contributed by atoms with Gasteiger partial charge < -0.3 is 5.32 Å². The molecule has 0 atom stereocenters. The van der Waals surface area contributed by atoms with Gasteiger partial charge in [0.25, 0.3) is 0 Å². The number of rotatable bonds is 2. The van der Waals surface area contributed by atoms with Crippen molar-refractivity contribution in [3.05, 3.63) is 0 Å². The van der Waals surface area contributed by atoms with E-state index < -0.39 is 6.43 Å². The Kier molecular flexibility index (Phi) is 2.79. The smallest absolute Gasteiger partial charge is 0.241 e. The molecule has 0 bridgehead atoms. The number of piperazine rings is 1. The second-order valence-electron chi connectivity index (χ2n) is 4.01. The molecule has 0 unspecified atom stereocenters. The molecule has 0 aromatic carbocycles. The molecular weight excluding hydrogens is 174 g/mol. The van der Waals surface area contributed by atoms with E-state index in [0.717, 1.165) is 26.2 Å². The van der Waals surface area contributed by atoms with Gasteiger partial charge in [0, 0.05) is 38.1 Å². The zero-order valence-electron chi connectivity index (χ0n) is 7.68. The molecule has 1 saturated carbocycles. The van der Waals surface area contributed by atoms with Gasteiger partial charge in [-0.05, 0) is 12.8 Å². The van der Waals surface area contributed by atoms with E-state index in [1.807, 2.05) is 0 Å². The summed E-state index contributed by atoms with van der Waals surface area (Å²) < 4.78 is 24.4. The molecule has 1 heterocycles. The molecule has 13 heavy (non-hydrogen) atoms. The number of hydrogen-bond acceptors (Lipinski definition) is 2. The predicted octanol–water partition coefficient (Wildman–Crippen LogP) is 0.935. The van der Waals surface area contributed by atoms with Crippen molar-refractivity contribution in [1.82, 2.24) is 10.2 Å². The molecule has 0 radical (unpaired) electrons. The monoisotopic (exact) mass is 190 g/mol. The fraction of sp³-hybridized carbons (Fsp3) is 1.00. The third-order valence-electron chi connectivity index (χ3n) is 3.17. The largest absolute Gasteiger partial charge is 0.314 e. The van der Waals surface area contributed by atoms with Crippen molar-refractivity contribution < 1.29 is 8.78 Å². The number of nitrogens with one attached hydrogen (secondary N) is 1. The van der Waals surface area contributed by atoms with Gasteiger partial charge in [-0.3, -0.25) is 4.90 Å². The molecule has 0 spiro atoms. The molecular formula is C9H16F2N2. The zero-order chi connectivity index (χ0) is 9.26. The van der Waals surface area contributed by atoms with Gasteiger partial charge in [0.15, 0.2) is 0 Å². The quantitative estimate of drug-likeness (QED) is 0.697. The highest BCUT2D eigenvalue weighted by Crippen LogP contribution is 2.35. The molecule has 2 rings (SSSR count). The second-order valence-corrected chi connectivity index (χ2v) is 4.01. The molecule has 1 N–H and O–H groups in total. The third kappa shape index (κ3) is 1.99. The summed E-state index contributed by atoms with van der Waals surface area (Å²) in [5, 5.41) is 3.26. The van der Waals surface area contributed by atoms with Crippen molar-refractivity contribution in [2.45, 2.75) is 25.3 Å². The van der Waals surface area contributed by atoms with E-state index in [4.69, 9.17) is 0 Å². The van der Waals surface area contributed by atoms with Crippen molar-refractivity contribution >= 4 is 0 Å². The molecule has 0 amide bonds. The summed E-state index contributed by atoms with van der Waals surface area (Å²) in [6.07, 6.45) is -0.686. The van der Waals surface area contributed by atoms with Crippen LogP contribution in [-0.4, -0.2) is 43.5 Å². The van der Waals surface area contributed by atoms with E-state index in [0.29, 0.717) is 18.9 Å². The van der Waals surface area contributed by atoms with Gasteiger partial charge in [0.1, 0.15) is 0 Å². The fourth-order valence-electron chi connectivity index (χ4n) is 2.18. The van der Waals surface area contributed by atoms with Gasteiger partial charge in [-0.2, -0.15) is 0 Å². The van der Waals surface area contributed by atoms with Crippen molar-refractivity contribution in [1.29, 1.82) is 0 Å².